The standard InChI is InChI=1S/C6H12NO2.3C4H9.Sn/c1-8-6-2-3-9-4-5(6)7;3*1-3-4-2;/h5-6H,1-4,7H2;3*1,3-4H2,2H3;/t5-,6-;;;;/m1..../s1. The molecule has 0 aromatic heterocycles. The maximum absolute atomic E-state index is 6.44. The van der Waals surface area contributed by atoms with E-state index in [0.717, 1.165) is 17.7 Å². The number of ether oxygens (including phenoxy) is 2. The summed E-state index contributed by atoms with van der Waals surface area (Å²) in [6.07, 6.45) is 9.44. The molecule has 4 heteroatoms. The molecule has 0 unspecified atom stereocenters. The minimum atomic E-state index is -2.14. The average molecular weight is 420 g/mol. The fourth-order valence-corrected chi connectivity index (χ4v) is 17.9. The monoisotopic (exact) mass is 421 g/mol. The minimum absolute atomic E-state index is 0.0845. The molecule has 1 aliphatic heterocycles. The quantitative estimate of drug-likeness (QED) is 0.473. The summed E-state index contributed by atoms with van der Waals surface area (Å²) in [4.78, 5) is 0. The second kappa shape index (κ2) is 12.1. The van der Waals surface area contributed by atoms with Gasteiger partial charge in [0.25, 0.3) is 0 Å². The van der Waals surface area contributed by atoms with Crippen molar-refractivity contribution in [1.29, 1.82) is 0 Å². The Morgan fingerprint density at radius 3 is 2.00 bits per heavy atom. The Balaban J connectivity index is 2.62. The van der Waals surface area contributed by atoms with Gasteiger partial charge in [-0.3, -0.25) is 0 Å². The molecular weight excluding hydrogens is 381 g/mol. The van der Waals surface area contributed by atoms with E-state index >= 15 is 0 Å². The molecule has 2 N–H and O–H groups in total. The fraction of sp³-hybridized carbons (Fsp3) is 1.00. The predicted molar refractivity (Wildman–Crippen MR) is 98.1 cm³/mol. The zero-order valence-corrected chi connectivity index (χ0v) is 18.1. The van der Waals surface area contributed by atoms with E-state index < -0.39 is 18.4 Å². The van der Waals surface area contributed by atoms with E-state index in [0.29, 0.717) is 6.61 Å². The fourth-order valence-electron chi connectivity index (χ4n) is 3.48. The SMILES string of the molecule is CCC[CH2][Sn]([CH2]CCC)([CH2]CCC)[CH2]O[C@@H]1CCOC[C@H]1N. The summed E-state index contributed by atoms with van der Waals surface area (Å²) in [5.74, 6) is 0. The topological polar surface area (TPSA) is 44.5 Å². The van der Waals surface area contributed by atoms with Crippen LogP contribution in [0.1, 0.15) is 65.7 Å². The van der Waals surface area contributed by atoms with Crippen molar-refractivity contribution in [3.8, 4) is 0 Å². The van der Waals surface area contributed by atoms with Crippen LogP contribution in [-0.4, -0.2) is 48.4 Å². The van der Waals surface area contributed by atoms with Gasteiger partial charge >= 0.3 is 143 Å². The van der Waals surface area contributed by atoms with E-state index in [1.54, 1.807) is 0 Å². The Morgan fingerprint density at radius 2 is 1.55 bits per heavy atom. The van der Waals surface area contributed by atoms with Crippen molar-refractivity contribution < 1.29 is 9.47 Å². The normalized spacial score (nSPS) is 22.9. The van der Waals surface area contributed by atoms with Gasteiger partial charge in [0, 0.05) is 0 Å². The molecule has 1 saturated heterocycles. The molecule has 132 valence electrons. The third-order valence-electron chi connectivity index (χ3n) is 5.12. The molecule has 0 aromatic carbocycles. The first-order chi connectivity index (χ1) is 10.7. The van der Waals surface area contributed by atoms with E-state index in [4.69, 9.17) is 15.2 Å². The van der Waals surface area contributed by atoms with Crippen molar-refractivity contribution in [3.05, 3.63) is 0 Å². The molecule has 0 aliphatic carbocycles. The second-order valence-corrected chi connectivity index (χ2v) is 20.9. The van der Waals surface area contributed by atoms with Gasteiger partial charge in [-0.25, -0.2) is 0 Å². The summed E-state index contributed by atoms with van der Waals surface area (Å²) < 4.78 is 17.5. The van der Waals surface area contributed by atoms with Gasteiger partial charge in [0.1, 0.15) is 0 Å². The van der Waals surface area contributed by atoms with Crippen LogP contribution in [0.2, 0.25) is 13.3 Å². The van der Waals surface area contributed by atoms with Gasteiger partial charge in [-0.15, -0.1) is 0 Å². The van der Waals surface area contributed by atoms with Gasteiger partial charge in [-0.05, 0) is 0 Å². The summed E-state index contributed by atoms with van der Waals surface area (Å²) >= 11 is -2.14. The van der Waals surface area contributed by atoms with Crippen molar-refractivity contribution >= 4 is 18.4 Å². The number of rotatable bonds is 12. The summed E-state index contributed by atoms with van der Waals surface area (Å²) in [6.45, 7) is 8.47. The number of hydrogen-bond donors (Lipinski definition) is 1. The van der Waals surface area contributed by atoms with Gasteiger partial charge in [0.15, 0.2) is 0 Å². The van der Waals surface area contributed by atoms with Crippen molar-refractivity contribution in [2.75, 3.05) is 17.8 Å². The molecule has 0 bridgehead atoms. The first kappa shape index (κ1) is 20.7. The number of unbranched alkanes of at least 4 members (excludes halogenated alkanes) is 3. The van der Waals surface area contributed by atoms with Crippen LogP contribution in [0.25, 0.3) is 0 Å². The van der Waals surface area contributed by atoms with E-state index in [2.05, 4.69) is 20.8 Å². The molecule has 0 aromatic rings. The average Bonchev–Trinajstić information content (AvgIpc) is 2.55. The molecule has 0 saturated carbocycles. The maximum atomic E-state index is 6.44. The predicted octanol–water partition coefficient (Wildman–Crippen LogP) is 4.51. The molecule has 0 spiro atoms. The van der Waals surface area contributed by atoms with Crippen LogP contribution in [0.4, 0.5) is 0 Å². The zero-order valence-electron chi connectivity index (χ0n) is 15.2. The molecule has 1 heterocycles. The van der Waals surface area contributed by atoms with Crippen molar-refractivity contribution in [1.82, 2.24) is 0 Å². The van der Waals surface area contributed by atoms with Crippen LogP contribution in [-0.2, 0) is 9.47 Å². The third-order valence-corrected chi connectivity index (χ3v) is 19.5. The van der Waals surface area contributed by atoms with E-state index in [1.807, 2.05) is 0 Å². The van der Waals surface area contributed by atoms with Crippen LogP contribution in [0.15, 0.2) is 0 Å². The Morgan fingerprint density at radius 1 is 1.00 bits per heavy atom. The molecule has 1 aliphatic rings. The van der Waals surface area contributed by atoms with Gasteiger partial charge in [-0.2, -0.15) is 0 Å². The summed E-state index contributed by atoms with van der Waals surface area (Å²) in [6, 6.07) is 0.0845. The molecule has 1 fully saturated rings. The van der Waals surface area contributed by atoms with Gasteiger partial charge in [0.05, 0.1) is 0 Å². The van der Waals surface area contributed by atoms with Gasteiger partial charge in [0.2, 0.25) is 0 Å². The Kier molecular flexibility index (Phi) is 11.4. The van der Waals surface area contributed by atoms with Gasteiger partial charge < -0.3 is 0 Å². The van der Waals surface area contributed by atoms with Crippen molar-refractivity contribution in [2.45, 2.75) is 91.2 Å². The Bertz CT molecular complexity index is 254. The molecule has 0 radical (unpaired) electrons. The van der Waals surface area contributed by atoms with Crippen molar-refractivity contribution in [3.63, 3.8) is 0 Å². The third kappa shape index (κ3) is 7.50. The van der Waals surface area contributed by atoms with E-state index in [1.165, 1.54) is 51.8 Å². The number of hydrogen-bond acceptors (Lipinski definition) is 3. The van der Waals surface area contributed by atoms with Crippen LogP contribution < -0.4 is 5.73 Å². The molecule has 22 heavy (non-hydrogen) atoms. The molecule has 3 nitrogen and oxygen atoms in total. The summed E-state index contributed by atoms with van der Waals surface area (Å²) in [5.41, 5.74) is 6.18. The van der Waals surface area contributed by atoms with Crippen molar-refractivity contribution in [2.24, 2.45) is 5.73 Å². The van der Waals surface area contributed by atoms with Crippen LogP contribution in [0, 0.1) is 0 Å². The zero-order chi connectivity index (χ0) is 16.3. The first-order valence-electron chi connectivity index (χ1n) is 9.62. The molecule has 2 atom stereocenters. The molecular formula is C18H39NO2Sn. The second-order valence-electron chi connectivity index (χ2n) is 7.19. The molecule has 0 amide bonds. The van der Waals surface area contributed by atoms with E-state index in [-0.39, 0.29) is 12.1 Å². The van der Waals surface area contributed by atoms with Crippen LogP contribution in [0.5, 0.6) is 0 Å². The van der Waals surface area contributed by atoms with Gasteiger partial charge in [-0.1, -0.05) is 0 Å². The summed E-state index contributed by atoms with van der Waals surface area (Å²) in [7, 11) is 0. The first-order valence-corrected chi connectivity index (χ1v) is 17.7. The van der Waals surface area contributed by atoms with Crippen LogP contribution >= 0.6 is 0 Å². The number of nitrogens with two attached hydrogens (primary N) is 1. The Labute approximate surface area is 142 Å². The molecule has 1 rings (SSSR count). The van der Waals surface area contributed by atoms with Crippen LogP contribution in [0.3, 0.4) is 0 Å². The van der Waals surface area contributed by atoms with E-state index in [9.17, 15) is 0 Å². The summed E-state index contributed by atoms with van der Waals surface area (Å²) in [5, 5.41) is 0. The Hall–Kier alpha value is 0.679.